The lowest BCUT2D eigenvalue weighted by Crippen LogP contribution is -2.25. The first-order valence-electron chi connectivity index (χ1n) is 7.25. The Morgan fingerprint density at radius 3 is 2.80 bits per heavy atom. The molecule has 25 heavy (non-hydrogen) atoms. The molecule has 0 atom stereocenters. The van der Waals surface area contributed by atoms with Crippen molar-refractivity contribution in [2.75, 3.05) is 11.9 Å². The zero-order valence-electron chi connectivity index (χ0n) is 13.2. The smallest absolute Gasteiger partial charge is 0.418 e. The Kier molecular flexibility index (Phi) is 6.29. The molecule has 0 radical (unpaired) electrons. The Morgan fingerprint density at radius 2 is 2.08 bits per heavy atom. The number of halogens is 3. The lowest BCUT2D eigenvalue weighted by atomic mass is 10.2. The van der Waals surface area contributed by atoms with Crippen LogP contribution in [0, 0.1) is 0 Å². The molecule has 2 N–H and O–H groups in total. The summed E-state index contributed by atoms with van der Waals surface area (Å²) in [4.78, 5) is 3.67. The van der Waals surface area contributed by atoms with E-state index in [2.05, 4.69) is 20.8 Å². The second-order valence-electron chi connectivity index (χ2n) is 4.71. The van der Waals surface area contributed by atoms with Crippen molar-refractivity contribution < 1.29 is 17.9 Å². The van der Waals surface area contributed by atoms with Gasteiger partial charge in [0.15, 0.2) is 5.11 Å². The van der Waals surface area contributed by atoms with E-state index in [1.165, 1.54) is 6.21 Å². The predicted octanol–water partition coefficient (Wildman–Crippen LogP) is 3.82. The Hall–Kier alpha value is -2.68. The molecule has 2 rings (SSSR count). The molecule has 0 amide bonds. The highest BCUT2D eigenvalue weighted by Gasteiger charge is 2.33. The summed E-state index contributed by atoms with van der Waals surface area (Å²) in [7, 11) is 0. The molecule has 132 valence electrons. The number of anilines is 1. The summed E-state index contributed by atoms with van der Waals surface area (Å²) in [6, 6.07) is 8.07. The summed E-state index contributed by atoms with van der Waals surface area (Å²) in [5.41, 5.74) is 2.06. The van der Waals surface area contributed by atoms with Crippen LogP contribution in [0.2, 0.25) is 0 Å². The molecule has 0 unspecified atom stereocenters. The molecule has 0 saturated heterocycles. The first-order valence-corrected chi connectivity index (χ1v) is 7.65. The molecule has 0 aliphatic carbocycles. The number of nitrogens with one attached hydrogen (secondary N) is 2. The Balaban J connectivity index is 2.03. The molecule has 0 bridgehead atoms. The minimum absolute atomic E-state index is 0.0939. The van der Waals surface area contributed by atoms with Crippen molar-refractivity contribution in [2.45, 2.75) is 13.1 Å². The van der Waals surface area contributed by atoms with E-state index in [-0.39, 0.29) is 10.8 Å². The summed E-state index contributed by atoms with van der Waals surface area (Å²) in [5.74, 6) is 0.640. The molecule has 1 heterocycles. The van der Waals surface area contributed by atoms with E-state index in [9.17, 15) is 13.2 Å². The van der Waals surface area contributed by atoms with Crippen molar-refractivity contribution >= 4 is 29.2 Å². The van der Waals surface area contributed by atoms with E-state index in [0.29, 0.717) is 17.9 Å². The van der Waals surface area contributed by atoms with Crippen LogP contribution in [0.5, 0.6) is 5.75 Å². The van der Waals surface area contributed by atoms with E-state index in [0.717, 1.165) is 18.5 Å². The van der Waals surface area contributed by atoms with Crippen molar-refractivity contribution in [3.63, 3.8) is 0 Å². The Labute approximate surface area is 147 Å². The molecular formula is C16H15F3N4OS. The first-order chi connectivity index (χ1) is 11.9. The SMILES string of the molecule is CCOc1ccccc1C=NNC(=S)Nc1cnccc1C(F)(F)F. The van der Waals surface area contributed by atoms with Crippen LogP contribution < -0.4 is 15.5 Å². The number of rotatable bonds is 5. The molecule has 0 spiro atoms. The van der Waals surface area contributed by atoms with Gasteiger partial charge in [0.05, 0.1) is 30.3 Å². The highest BCUT2D eigenvalue weighted by atomic mass is 32.1. The van der Waals surface area contributed by atoms with Crippen LogP contribution in [-0.2, 0) is 6.18 Å². The van der Waals surface area contributed by atoms with Gasteiger partial charge in [-0.15, -0.1) is 0 Å². The average molecular weight is 368 g/mol. The van der Waals surface area contributed by atoms with Gasteiger partial charge in [-0.1, -0.05) is 12.1 Å². The fraction of sp³-hybridized carbons (Fsp3) is 0.188. The topological polar surface area (TPSA) is 58.5 Å². The number of hydrazone groups is 1. The number of hydrogen-bond donors (Lipinski definition) is 2. The van der Waals surface area contributed by atoms with Crippen molar-refractivity contribution in [1.29, 1.82) is 0 Å². The van der Waals surface area contributed by atoms with E-state index in [4.69, 9.17) is 17.0 Å². The number of alkyl halides is 3. The third kappa shape index (κ3) is 5.42. The molecule has 2 aromatic rings. The maximum atomic E-state index is 12.9. The van der Waals surface area contributed by atoms with Gasteiger partial charge in [0.2, 0.25) is 0 Å². The number of benzene rings is 1. The van der Waals surface area contributed by atoms with Gasteiger partial charge in [-0.3, -0.25) is 10.4 Å². The Bertz CT molecular complexity index is 765. The third-order valence-corrected chi connectivity index (χ3v) is 3.16. The van der Waals surface area contributed by atoms with Crippen molar-refractivity contribution in [3.05, 3.63) is 53.9 Å². The number of nitrogens with zero attached hydrogens (tertiary/aromatic N) is 2. The summed E-state index contributed by atoms with van der Waals surface area (Å²) in [6.07, 6.45) is -0.939. The van der Waals surface area contributed by atoms with E-state index >= 15 is 0 Å². The lowest BCUT2D eigenvalue weighted by Gasteiger charge is -2.13. The lowest BCUT2D eigenvalue weighted by molar-refractivity contribution is -0.137. The predicted molar refractivity (Wildman–Crippen MR) is 93.8 cm³/mol. The minimum Gasteiger partial charge on any atom is -0.493 e. The summed E-state index contributed by atoms with van der Waals surface area (Å²) in [6.45, 7) is 2.36. The largest absolute Gasteiger partial charge is 0.493 e. The second kappa shape index (κ2) is 8.43. The third-order valence-electron chi connectivity index (χ3n) is 2.96. The molecule has 9 heteroatoms. The van der Waals surface area contributed by atoms with Crippen LogP contribution in [0.4, 0.5) is 18.9 Å². The van der Waals surface area contributed by atoms with E-state index in [1.54, 1.807) is 12.1 Å². The van der Waals surface area contributed by atoms with Gasteiger partial charge < -0.3 is 10.1 Å². The number of para-hydroxylation sites is 1. The zero-order chi connectivity index (χ0) is 18.3. The maximum Gasteiger partial charge on any atom is 0.418 e. The van der Waals surface area contributed by atoms with Gasteiger partial charge in [0, 0.05) is 11.8 Å². The van der Waals surface area contributed by atoms with Crippen molar-refractivity contribution in [2.24, 2.45) is 5.10 Å². The summed E-state index contributed by atoms with van der Waals surface area (Å²) >= 11 is 4.96. The average Bonchev–Trinajstić information content (AvgIpc) is 2.56. The first kappa shape index (κ1) is 18.7. The standard InChI is InChI=1S/C16H15F3N4OS/c1-2-24-14-6-4-3-5-11(14)9-21-23-15(25)22-13-10-20-8-7-12(13)16(17,18)19/h3-10H,2H2,1H3,(H2,22,23,25). The highest BCUT2D eigenvalue weighted by molar-refractivity contribution is 7.80. The number of hydrogen-bond acceptors (Lipinski definition) is 4. The maximum absolute atomic E-state index is 12.9. The monoisotopic (exact) mass is 368 g/mol. The van der Waals surface area contributed by atoms with Gasteiger partial charge in [-0.05, 0) is 37.3 Å². The molecule has 0 fully saturated rings. The minimum atomic E-state index is -4.51. The van der Waals surface area contributed by atoms with Crippen LogP contribution in [0.1, 0.15) is 18.1 Å². The molecule has 0 aliphatic heterocycles. The van der Waals surface area contributed by atoms with Crippen LogP contribution >= 0.6 is 12.2 Å². The molecular weight excluding hydrogens is 353 g/mol. The quantitative estimate of drug-likeness (QED) is 0.477. The van der Waals surface area contributed by atoms with Gasteiger partial charge in [-0.25, -0.2) is 0 Å². The van der Waals surface area contributed by atoms with Crippen LogP contribution in [0.3, 0.4) is 0 Å². The molecule has 5 nitrogen and oxygen atoms in total. The van der Waals surface area contributed by atoms with Gasteiger partial charge >= 0.3 is 6.18 Å². The van der Waals surface area contributed by atoms with Crippen LogP contribution in [-0.4, -0.2) is 22.9 Å². The van der Waals surface area contributed by atoms with E-state index in [1.807, 2.05) is 19.1 Å². The highest BCUT2D eigenvalue weighted by Crippen LogP contribution is 2.33. The fourth-order valence-corrected chi connectivity index (χ4v) is 2.09. The van der Waals surface area contributed by atoms with Gasteiger partial charge in [0.1, 0.15) is 5.75 Å². The Morgan fingerprint density at radius 1 is 1.32 bits per heavy atom. The molecule has 1 aromatic heterocycles. The summed E-state index contributed by atoms with van der Waals surface area (Å²) < 4.78 is 44.2. The summed E-state index contributed by atoms with van der Waals surface area (Å²) in [5, 5.41) is 6.25. The molecule has 0 saturated carbocycles. The van der Waals surface area contributed by atoms with Gasteiger partial charge in [0.25, 0.3) is 0 Å². The second-order valence-corrected chi connectivity index (χ2v) is 5.12. The number of pyridine rings is 1. The molecule has 1 aromatic carbocycles. The van der Waals surface area contributed by atoms with E-state index < -0.39 is 11.7 Å². The van der Waals surface area contributed by atoms with Crippen molar-refractivity contribution in [3.8, 4) is 5.75 Å². The molecule has 0 aliphatic rings. The normalized spacial score (nSPS) is 11.4. The number of aromatic nitrogens is 1. The number of ether oxygens (including phenoxy) is 1. The van der Waals surface area contributed by atoms with Crippen LogP contribution in [0.25, 0.3) is 0 Å². The van der Waals surface area contributed by atoms with Gasteiger partial charge in [-0.2, -0.15) is 18.3 Å². The fourth-order valence-electron chi connectivity index (χ4n) is 1.93. The number of thiocarbonyl (C=S) groups is 1. The van der Waals surface area contributed by atoms with Crippen LogP contribution in [0.15, 0.2) is 47.8 Å². The zero-order valence-corrected chi connectivity index (χ0v) is 14.0. The van der Waals surface area contributed by atoms with Crippen molar-refractivity contribution in [1.82, 2.24) is 10.4 Å².